The molecule has 0 aliphatic carbocycles. The van der Waals surface area contributed by atoms with E-state index in [1.807, 2.05) is 0 Å². The van der Waals surface area contributed by atoms with Crippen LogP contribution in [-0.2, 0) is 10.9 Å². The van der Waals surface area contributed by atoms with Crippen LogP contribution in [0.4, 0.5) is 13.2 Å². The quantitative estimate of drug-likeness (QED) is 0.625. The topological polar surface area (TPSA) is 52.6 Å². The molecule has 0 amide bonds. The number of halogens is 3. The van der Waals surface area contributed by atoms with Crippen LogP contribution in [0.3, 0.4) is 0 Å². The van der Waals surface area contributed by atoms with E-state index >= 15 is 0 Å². The number of methoxy groups -OCH3 is 2. The molecule has 0 N–H and O–H groups in total. The van der Waals surface area contributed by atoms with Crippen LogP contribution in [0.1, 0.15) is 26.3 Å². The molecule has 0 fully saturated rings. The molecule has 0 heterocycles. The first-order chi connectivity index (χ1) is 11.3. The van der Waals surface area contributed by atoms with Crippen molar-refractivity contribution in [3.63, 3.8) is 0 Å². The maximum atomic E-state index is 12.9. The van der Waals surface area contributed by atoms with Crippen LogP contribution in [0.2, 0.25) is 0 Å². The fraction of sp³-hybridized carbons (Fsp3) is 0.176. The molecule has 0 aliphatic heterocycles. The standard InChI is InChI=1S/C17H13F3O4/c1-23-15-10(9-21)4-3-5-13(15)12-7-6-11(17(18,19)20)8-14(12)16(22)24-2/h3-9H,1-2H3. The Morgan fingerprint density at radius 3 is 2.33 bits per heavy atom. The van der Waals surface area contributed by atoms with E-state index in [0.717, 1.165) is 19.2 Å². The molecule has 24 heavy (non-hydrogen) atoms. The molecule has 0 saturated carbocycles. The van der Waals surface area contributed by atoms with Crippen LogP contribution in [-0.4, -0.2) is 26.5 Å². The third-order valence-corrected chi connectivity index (χ3v) is 3.42. The summed E-state index contributed by atoms with van der Waals surface area (Å²) in [6.45, 7) is 0. The largest absolute Gasteiger partial charge is 0.495 e. The van der Waals surface area contributed by atoms with Gasteiger partial charge in [-0.15, -0.1) is 0 Å². The Morgan fingerprint density at radius 2 is 1.79 bits per heavy atom. The van der Waals surface area contributed by atoms with Gasteiger partial charge in [0.05, 0.1) is 30.9 Å². The van der Waals surface area contributed by atoms with Crippen molar-refractivity contribution in [2.24, 2.45) is 0 Å². The molecule has 0 saturated heterocycles. The van der Waals surface area contributed by atoms with E-state index in [1.54, 1.807) is 12.1 Å². The summed E-state index contributed by atoms with van der Waals surface area (Å²) in [6, 6.07) is 7.31. The molecule has 2 rings (SSSR count). The van der Waals surface area contributed by atoms with Crippen molar-refractivity contribution >= 4 is 12.3 Å². The van der Waals surface area contributed by atoms with Crippen molar-refractivity contribution in [3.05, 3.63) is 53.1 Å². The van der Waals surface area contributed by atoms with Gasteiger partial charge in [0.25, 0.3) is 0 Å². The van der Waals surface area contributed by atoms with Crippen molar-refractivity contribution in [1.29, 1.82) is 0 Å². The van der Waals surface area contributed by atoms with Crippen molar-refractivity contribution in [2.45, 2.75) is 6.18 Å². The summed E-state index contributed by atoms with van der Waals surface area (Å²) in [6.07, 6.45) is -4.04. The molecule has 126 valence electrons. The molecular weight excluding hydrogens is 325 g/mol. The third kappa shape index (κ3) is 3.24. The van der Waals surface area contributed by atoms with E-state index in [1.165, 1.54) is 13.2 Å². The van der Waals surface area contributed by atoms with E-state index in [0.29, 0.717) is 17.9 Å². The lowest BCUT2D eigenvalue weighted by atomic mass is 9.95. The average molecular weight is 338 g/mol. The number of esters is 1. The summed E-state index contributed by atoms with van der Waals surface area (Å²) in [7, 11) is 2.40. The highest BCUT2D eigenvalue weighted by molar-refractivity contribution is 5.99. The smallest absolute Gasteiger partial charge is 0.416 e. The summed E-state index contributed by atoms with van der Waals surface area (Å²) < 4.78 is 48.5. The van der Waals surface area contributed by atoms with Gasteiger partial charge in [-0.1, -0.05) is 18.2 Å². The number of ether oxygens (including phenoxy) is 2. The van der Waals surface area contributed by atoms with Crippen LogP contribution >= 0.6 is 0 Å². The number of hydrogen-bond donors (Lipinski definition) is 0. The van der Waals surface area contributed by atoms with E-state index in [9.17, 15) is 22.8 Å². The Bertz CT molecular complexity index is 782. The predicted octanol–water partition coefficient (Wildman–Crippen LogP) is 3.98. The Hall–Kier alpha value is -2.83. The van der Waals surface area contributed by atoms with Crippen LogP contribution in [0.5, 0.6) is 5.75 Å². The van der Waals surface area contributed by atoms with Crippen LogP contribution in [0.15, 0.2) is 36.4 Å². The van der Waals surface area contributed by atoms with Gasteiger partial charge in [0.2, 0.25) is 0 Å². The van der Waals surface area contributed by atoms with E-state index in [2.05, 4.69) is 4.74 Å². The zero-order valence-electron chi connectivity index (χ0n) is 12.8. The minimum absolute atomic E-state index is 0.164. The predicted molar refractivity (Wildman–Crippen MR) is 80.2 cm³/mol. The molecule has 0 bridgehead atoms. The average Bonchev–Trinajstić information content (AvgIpc) is 2.58. The number of rotatable bonds is 4. The molecule has 7 heteroatoms. The van der Waals surface area contributed by atoms with Gasteiger partial charge >= 0.3 is 12.1 Å². The number of alkyl halides is 3. The fourth-order valence-corrected chi connectivity index (χ4v) is 2.32. The third-order valence-electron chi connectivity index (χ3n) is 3.42. The summed E-state index contributed by atoms with van der Waals surface area (Å²) in [4.78, 5) is 23.1. The van der Waals surface area contributed by atoms with Gasteiger partial charge in [0.15, 0.2) is 6.29 Å². The van der Waals surface area contributed by atoms with Crippen LogP contribution in [0, 0.1) is 0 Å². The summed E-state index contributed by atoms with van der Waals surface area (Å²) in [5.74, 6) is -0.757. The first-order valence-electron chi connectivity index (χ1n) is 6.75. The zero-order chi connectivity index (χ0) is 17.9. The maximum absolute atomic E-state index is 12.9. The molecule has 2 aromatic rings. The molecule has 0 aromatic heterocycles. The van der Waals surface area contributed by atoms with Crippen molar-refractivity contribution in [2.75, 3.05) is 14.2 Å². The van der Waals surface area contributed by atoms with Crippen molar-refractivity contribution < 1.29 is 32.2 Å². The molecule has 0 atom stereocenters. The highest BCUT2D eigenvalue weighted by Crippen LogP contribution is 2.38. The molecule has 0 unspecified atom stereocenters. The number of carbonyl (C=O) groups is 2. The zero-order valence-corrected chi connectivity index (χ0v) is 12.8. The maximum Gasteiger partial charge on any atom is 0.416 e. The summed E-state index contributed by atoms with van der Waals surface area (Å²) in [5, 5.41) is 0. The van der Waals surface area contributed by atoms with E-state index in [4.69, 9.17) is 4.74 Å². The number of carbonyl (C=O) groups excluding carboxylic acids is 2. The van der Waals surface area contributed by atoms with E-state index in [-0.39, 0.29) is 22.4 Å². The summed E-state index contributed by atoms with van der Waals surface area (Å²) >= 11 is 0. The lowest BCUT2D eigenvalue weighted by Crippen LogP contribution is -2.10. The second kappa shape index (κ2) is 6.74. The number of aldehydes is 1. The molecule has 4 nitrogen and oxygen atoms in total. The monoisotopic (exact) mass is 338 g/mol. The second-order valence-electron chi connectivity index (χ2n) is 4.80. The number of hydrogen-bond acceptors (Lipinski definition) is 4. The molecule has 0 spiro atoms. The minimum atomic E-state index is -4.60. The lowest BCUT2D eigenvalue weighted by molar-refractivity contribution is -0.137. The number of benzene rings is 2. The molecule has 0 radical (unpaired) electrons. The van der Waals surface area contributed by atoms with Gasteiger partial charge in [-0.3, -0.25) is 4.79 Å². The van der Waals surface area contributed by atoms with E-state index < -0.39 is 17.7 Å². The molecular formula is C17H13F3O4. The molecule has 0 aliphatic rings. The first kappa shape index (κ1) is 17.5. The number of para-hydroxylation sites is 1. The van der Waals surface area contributed by atoms with Gasteiger partial charge < -0.3 is 9.47 Å². The Balaban J connectivity index is 2.75. The second-order valence-corrected chi connectivity index (χ2v) is 4.80. The highest BCUT2D eigenvalue weighted by atomic mass is 19.4. The van der Waals surface area contributed by atoms with Crippen molar-refractivity contribution in [1.82, 2.24) is 0 Å². The van der Waals surface area contributed by atoms with Crippen molar-refractivity contribution in [3.8, 4) is 16.9 Å². The van der Waals surface area contributed by atoms with Crippen LogP contribution in [0.25, 0.3) is 11.1 Å². The van der Waals surface area contributed by atoms with Gasteiger partial charge in [0.1, 0.15) is 5.75 Å². The molecule has 2 aromatic carbocycles. The van der Waals surface area contributed by atoms with Crippen LogP contribution < -0.4 is 4.74 Å². The van der Waals surface area contributed by atoms with Gasteiger partial charge in [-0.2, -0.15) is 13.2 Å². The van der Waals surface area contributed by atoms with Gasteiger partial charge in [-0.05, 0) is 23.8 Å². The fourth-order valence-electron chi connectivity index (χ4n) is 2.32. The SMILES string of the molecule is COC(=O)c1cc(C(F)(F)F)ccc1-c1cccc(C=O)c1OC. The summed E-state index contributed by atoms with van der Waals surface area (Å²) in [5.41, 5.74) is -0.539. The highest BCUT2D eigenvalue weighted by Gasteiger charge is 2.32. The lowest BCUT2D eigenvalue weighted by Gasteiger charge is -2.15. The Morgan fingerprint density at radius 1 is 1.08 bits per heavy atom. The Labute approximate surface area is 135 Å². The van der Waals surface area contributed by atoms with Gasteiger partial charge in [0, 0.05) is 5.56 Å². The normalized spacial score (nSPS) is 11.0. The minimum Gasteiger partial charge on any atom is -0.495 e. The van der Waals surface area contributed by atoms with Gasteiger partial charge in [-0.25, -0.2) is 4.79 Å². The Kier molecular flexibility index (Phi) is 4.92. The first-order valence-corrected chi connectivity index (χ1v) is 6.75.